The summed E-state index contributed by atoms with van der Waals surface area (Å²) in [4.78, 5) is 14.6. The molecule has 2 aromatic rings. The van der Waals surface area contributed by atoms with Crippen LogP contribution < -0.4 is 14.8 Å². The standard InChI is InChI=1S/C19H20N2O3/c1-4-11-21-18(13-9-10-16(23-2)17(12-13)24-3)20-15-8-6-5-7-14(15)19(21)22/h4-10,12,18,20H,1,11H2,2-3H3. The second kappa shape index (κ2) is 6.66. The van der Waals surface area contributed by atoms with Crippen LogP contribution in [0.3, 0.4) is 0 Å². The zero-order valence-corrected chi connectivity index (χ0v) is 13.8. The lowest BCUT2D eigenvalue weighted by Crippen LogP contribution is -2.42. The number of rotatable bonds is 5. The van der Waals surface area contributed by atoms with Crippen LogP contribution >= 0.6 is 0 Å². The predicted molar refractivity (Wildman–Crippen MR) is 93.6 cm³/mol. The number of methoxy groups -OCH3 is 2. The highest BCUT2D eigenvalue weighted by Crippen LogP contribution is 2.36. The van der Waals surface area contributed by atoms with Crippen molar-refractivity contribution in [3.8, 4) is 11.5 Å². The van der Waals surface area contributed by atoms with Crippen molar-refractivity contribution >= 4 is 11.6 Å². The van der Waals surface area contributed by atoms with E-state index in [2.05, 4.69) is 11.9 Å². The Hall–Kier alpha value is -2.95. The highest BCUT2D eigenvalue weighted by atomic mass is 16.5. The summed E-state index contributed by atoms with van der Waals surface area (Å²) in [5, 5.41) is 3.43. The summed E-state index contributed by atoms with van der Waals surface area (Å²) >= 11 is 0. The maximum atomic E-state index is 12.9. The molecule has 0 bridgehead atoms. The summed E-state index contributed by atoms with van der Waals surface area (Å²) in [6, 6.07) is 13.2. The van der Waals surface area contributed by atoms with Crippen LogP contribution in [-0.2, 0) is 0 Å². The quantitative estimate of drug-likeness (QED) is 0.856. The lowest BCUT2D eigenvalue weighted by Gasteiger charge is -2.37. The van der Waals surface area contributed by atoms with E-state index in [1.807, 2.05) is 42.5 Å². The van der Waals surface area contributed by atoms with Crippen molar-refractivity contribution in [2.24, 2.45) is 0 Å². The molecule has 2 aromatic carbocycles. The number of carbonyl (C=O) groups is 1. The van der Waals surface area contributed by atoms with E-state index >= 15 is 0 Å². The van der Waals surface area contributed by atoms with Gasteiger partial charge in [0.05, 0.1) is 19.8 Å². The van der Waals surface area contributed by atoms with E-state index in [9.17, 15) is 4.79 Å². The van der Waals surface area contributed by atoms with E-state index in [1.165, 1.54) is 0 Å². The van der Waals surface area contributed by atoms with Crippen molar-refractivity contribution < 1.29 is 14.3 Å². The molecule has 3 rings (SSSR count). The number of nitrogens with zero attached hydrogens (tertiary/aromatic N) is 1. The summed E-state index contributed by atoms with van der Waals surface area (Å²) in [5.74, 6) is 1.25. The van der Waals surface area contributed by atoms with Gasteiger partial charge in [0, 0.05) is 12.2 Å². The third-order valence-electron chi connectivity index (χ3n) is 4.07. The number of carbonyl (C=O) groups excluding carboxylic acids is 1. The van der Waals surface area contributed by atoms with Gasteiger partial charge in [-0.05, 0) is 29.8 Å². The van der Waals surface area contributed by atoms with E-state index in [-0.39, 0.29) is 12.1 Å². The minimum atomic E-state index is -0.301. The first-order valence-electron chi connectivity index (χ1n) is 7.69. The fourth-order valence-electron chi connectivity index (χ4n) is 2.91. The average Bonchev–Trinajstić information content (AvgIpc) is 2.63. The fourth-order valence-corrected chi connectivity index (χ4v) is 2.91. The van der Waals surface area contributed by atoms with Gasteiger partial charge in [-0.25, -0.2) is 0 Å². The minimum Gasteiger partial charge on any atom is -0.493 e. The zero-order valence-electron chi connectivity index (χ0n) is 13.8. The van der Waals surface area contributed by atoms with Crippen LogP contribution in [0.25, 0.3) is 0 Å². The van der Waals surface area contributed by atoms with Crippen LogP contribution in [0.15, 0.2) is 55.1 Å². The lowest BCUT2D eigenvalue weighted by atomic mass is 10.0. The molecular weight excluding hydrogens is 304 g/mol. The van der Waals surface area contributed by atoms with Gasteiger partial charge in [0.15, 0.2) is 11.5 Å². The van der Waals surface area contributed by atoms with Gasteiger partial charge >= 0.3 is 0 Å². The number of fused-ring (bicyclic) bond motifs is 1. The van der Waals surface area contributed by atoms with Crippen molar-refractivity contribution in [3.63, 3.8) is 0 Å². The van der Waals surface area contributed by atoms with Crippen molar-refractivity contribution in [2.75, 3.05) is 26.1 Å². The molecule has 0 saturated heterocycles. The topological polar surface area (TPSA) is 50.8 Å². The van der Waals surface area contributed by atoms with Gasteiger partial charge in [-0.1, -0.05) is 24.3 Å². The largest absolute Gasteiger partial charge is 0.493 e. The predicted octanol–water partition coefficient (Wildman–Crippen LogP) is 3.46. The Morgan fingerprint density at radius 2 is 1.92 bits per heavy atom. The normalized spacial score (nSPS) is 16.2. The molecule has 1 amide bonds. The minimum absolute atomic E-state index is 0.0240. The number of anilines is 1. The maximum absolute atomic E-state index is 12.9. The first-order valence-corrected chi connectivity index (χ1v) is 7.69. The van der Waals surface area contributed by atoms with E-state index in [4.69, 9.17) is 9.47 Å². The molecule has 5 nitrogen and oxygen atoms in total. The average molecular weight is 324 g/mol. The molecule has 0 radical (unpaired) electrons. The zero-order chi connectivity index (χ0) is 17.1. The van der Waals surface area contributed by atoms with Crippen LogP contribution in [0.1, 0.15) is 22.1 Å². The van der Waals surface area contributed by atoms with Crippen LogP contribution in [0.4, 0.5) is 5.69 Å². The van der Waals surface area contributed by atoms with Gasteiger partial charge in [-0.2, -0.15) is 0 Å². The third-order valence-corrected chi connectivity index (χ3v) is 4.07. The molecule has 0 spiro atoms. The number of hydrogen-bond donors (Lipinski definition) is 1. The molecule has 1 N–H and O–H groups in total. The van der Waals surface area contributed by atoms with Gasteiger partial charge in [0.2, 0.25) is 0 Å². The van der Waals surface area contributed by atoms with Crippen LogP contribution in [0.2, 0.25) is 0 Å². The Labute approximate surface area is 141 Å². The number of amides is 1. The molecule has 1 unspecified atom stereocenters. The number of ether oxygens (including phenoxy) is 2. The Balaban J connectivity index is 2.05. The van der Waals surface area contributed by atoms with Gasteiger partial charge in [-0.3, -0.25) is 4.79 Å². The second-order valence-corrected chi connectivity index (χ2v) is 5.45. The van der Waals surface area contributed by atoms with Gasteiger partial charge in [0.1, 0.15) is 6.17 Å². The van der Waals surface area contributed by atoms with Crippen molar-refractivity contribution in [1.29, 1.82) is 0 Å². The first-order chi connectivity index (χ1) is 11.7. The Bertz CT molecular complexity index is 773. The van der Waals surface area contributed by atoms with Gasteiger partial charge < -0.3 is 19.7 Å². The SMILES string of the molecule is C=CCN1C(=O)c2ccccc2NC1c1ccc(OC)c(OC)c1. The molecule has 1 aliphatic heterocycles. The summed E-state index contributed by atoms with van der Waals surface area (Å²) in [7, 11) is 3.19. The molecule has 1 heterocycles. The number of nitrogens with one attached hydrogen (secondary N) is 1. The maximum Gasteiger partial charge on any atom is 0.258 e. The van der Waals surface area contributed by atoms with E-state index in [1.54, 1.807) is 25.2 Å². The monoisotopic (exact) mass is 324 g/mol. The highest BCUT2D eigenvalue weighted by molar-refractivity contribution is 6.01. The third kappa shape index (κ3) is 2.69. The molecule has 1 atom stereocenters. The van der Waals surface area contributed by atoms with E-state index in [0.29, 0.717) is 23.6 Å². The van der Waals surface area contributed by atoms with E-state index < -0.39 is 0 Å². The van der Waals surface area contributed by atoms with Gasteiger partial charge in [-0.15, -0.1) is 6.58 Å². The molecule has 1 aliphatic rings. The summed E-state index contributed by atoms with van der Waals surface area (Å²) in [5.41, 5.74) is 2.40. The molecule has 124 valence electrons. The van der Waals surface area contributed by atoms with Crippen LogP contribution in [0, 0.1) is 0 Å². The van der Waals surface area contributed by atoms with Crippen LogP contribution in [-0.4, -0.2) is 31.6 Å². The fraction of sp³-hybridized carbons (Fsp3) is 0.211. The molecule has 0 aliphatic carbocycles. The second-order valence-electron chi connectivity index (χ2n) is 5.45. The Morgan fingerprint density at radius 3 is 2.62 bits per heavy atom. The van der Waals surface area contributed by atoms with Gasteiger partial charge in [0.25, 0.3) is 5.91 Å². The highest BCUT2D eigenvalue weighted by Gasteiger charge is 2.32. The lowest BCUT2D eigenvalue weighted by molar-refractivity contribution is 0.0707. The Morgan fingerprint density at radius 1 is 1.17 bits per heavy atom. The number of benzene rings is 2. The first kappa shape index (κ1) is 15.9. The molecule has 0 fully saturated rings. The summed E-state index contributed by atoms with van der Waals surface area (Å²) < 4.78 is 10.7. The van der Waals surface area contributed by atoms with Crippen molar-refractivity contribution in [2.45, 2.75) is 6.17 Å². The molecule has 0 aromatic heterocycles. The molecule has 5 heteroatoms. The van der Waals surface area contributed by atoms with Crippen molar-refractivity contribution in [1.82, 2.24) is 4.90 Å². The molecular formula is C19H20N2O3. The molecule has 0 saturated carbocycles. The smallest absolute Gasteiger partial charge is 0.258 e. The number of hydrogen-bond acceptors (Lipinski definition) is 4. The molecule has 24 heavy (non-hydrogen) atoms. The number of para-hydroxylation sites is 1. The van der Waals surface area contributed by atoms with Crippen molar-refractivity contribution in [3.05, 3.63) is 66.2 Å². The van der Waals surface area contributed by atoms with E-state index in [0.717, 1.165) is 11.3 Å². The Kier molecular flexibility index (Phi) is 4.42. The summed E-state index contributed by atoms with van der Waals surface area (Å²) in [6.07, 6.45) is 1.42. The summed E-state index contributed by atoms with van der Waals surface area (Å²) in [6.45, 7) is 4.21. The van der Waals surface area contributed by atoms with Crippen LogP contribution in [0.5, 0.6) is 11.5 Å².